The highest BCUT2D eigenvalue weighted by atomic mass is 32.2. The molecule has 0 radical (unpaired) electrons. The summed E-state index contributed by atoms with van der Waals surface area (Å²) in [5, 5.41) is 7.32. The first kappa shape index (κ1) is 11.2. The minimum absolute atomic E-state index is 0.271. The summed E-state index contributed by atoms with van der Waals surface area (Å²) in [5.74, 6) is 0. The summed E-state index contributed by atoms with van der Waals surface area (Å²) in [6.07, 6.45) is 0. The van der Waals surface area contributed by atoms with Gasteiger partial charge in [0.1, 0.15) is 6.61 Å². The standard InChI is InChI=1S/C9H7NO4S2/c11-5-8(12)16(13,14)9-10-6-3-1-2-4-7(6)15-9/h1-4,11H,5H2. The summed E-state index contributed by atoms with van der Waals surface area (Å²) in [7, 11) is -4.13. The van der Waals surface area contributed by atoms with Crippen molar-refractivity contribution in [2.45, 2.75) is 4.34 Å². The Hall–Kier alpha value is -1.31. The summed E-state index contributed by atoms with van der Waals surface area (Å²) >= 11 is 0.917. The predicted molar refractivity (Wildman–Crippen MR) is 58.9 cm³/mol. The van der Waals surface area contributed by atoms with Crippen LogP contribution in [-0.2, 0) is 14.6 Å². The van der Waals surface area contributed by atoms with E-state index in [0.29, 0.717) is 10.2 Å². The van der Waals surface area contributed by atoms with Crippen LogP contribution < -0.4 is 0 Å². The molecule has 0 atom stereocenters. The van der Waals surface area contributed by atoms with Crippen molar-refractivity contribution in [1.82, 2.24) is 4.98 Å². The molecule has 0 unspecified atom stereocenters. The van der Waals surface area contributed by atoms with Gasteiger partial charge >= 0.3 is 0 Å². The van der Waals surface area contributed by atoms with Gasteiger partial charge in [-0.2, -0.15) is 0 Å². The van der Waals surface area contributed by atoms with E-state index in [0.717, 1.165) is 11.3 Å². The zero-order valence-corrected chi connectivity index (χ0v) is 9.59. The van der Waals surface area contributed by atoms with E-state index in [4.69, 9.17) is 5.11 Å². The molecule has 1 aromatic carbocycles. The van der Waals surface area contributed by atoms with E-state index < -0.39 is 21.6 Å². The Labute approximate surface area is 95.3 Å². The SMILES string of the molecule is O=C(CO)S(=O)(=O)c1nc2ccccc2s1. The van der Waals surface area contributed by atoms with Gasteiger partial charge in [0.15, 0.2) is 0 Å². The molecule has 16 heavy (non-hydrogen) atoms. The second-order valence-electron chi connectivity index (χ2n) is 2.98. The number of benzene rings is 1. The zero-order valence-electron chi connectivity index (χ0n) is 7.95. The van der Waals surface area contributed by atoms with Gasteiger partial charge in [0.25, 0.3) is 15.0 Å². The number of para-hydroxylation sites is 1. The number of hydrogen-bond acceptors (Lipinski definition) is 6. The van der Waals surface area contributed by atoms with Crippen molar-refractivity contribution in [3.63, 3.8) is 0 Å². The molecule has 1 aromatic heterocycles. The van der Waals surface area contributed by atoms with Crippen molar-refractivity contribution >= 4 is 36.5 Å². The van der Waals surface area contributed by atoms with Gasteiger partial charge in [-0.15, -0.1) is 11.3 Å². The lowest BCUT2D eigenvalue weighted by molar-refractivity contribution is -0.114. The second kappa shape index (κ2) is 3.93. The molecule has 0 aliphatic rings. The second-order valence-corrected chi connectivity index (χ2v) is 6.12. The number of nitrogens with zero attached hydrogens (tertiary/aromatic N) is 1. The number of hydrogen-bond donors (Lipinski definition) is 1. The number of aromatic nitrogens is 1. The third kappa shape index (κ3) is 1.73. The summed E-state index contributed by atoms with van der Waals surface area (Å²) in [6, 6.07) is 6.86. The molecule has 7 heteroatoms. The normalized spacial score (nSPS) is 11.8. The molecule has 2 aromatic rings. The number of rotatable bonds is 2. The lowest BCUT2D eigenvalue weighted by atomic mass is 10.3. The van der Waals surface area contributed by atoms with Crippen LogP contribution in [0.25, 0.3) is 10.2 Å². The van der Waals surface area contributed by atoms with E-state index in [2.05, 4.69) is 4.98 Å². The van der Waals surface area contributed by atoms with Crippen LogP contribution in [0, 0.1) is 0 Å². The Morgan fingerprint density at radius 2 is 2.06 bits per heavy atom. The van der Waals surface area contributed by atoms with Crippen LogP contribution in [0.5, 0.6) is 0 Å². The Kier molecular flexibility index (Phi) is 2.75. The van der Waals surface area contributed by atoms with Crippen LogP contribution in [0.1, 0.15) is 0 Å². The highest BCUT2D eigenvalue weighted by molar-refractivity contribution is 8.07. The van der Waals surface area contributed by atoms with E-state index in [-0.39, 0.29) is 4.34 Å². The van der Waals surface area contributed by atoms with E-state index >= 15 is 0 Å². The van der Waals surface area contributed by atoms with E-state index in [1.54, 1.807) is 24.3 Å². The van der Waals surface area contributed by atoms with Crippen LogP contribution >= 0.6 is 11.3 Å². The molecule has 0 fully saturated rings. The summed E-state index contributed by atoms with van der Waals surface area (Å²) in [4.78, 5) is 14.9. The molecule has 0 aliphatic heterocycles. The number of aliphatic hydroxyl groups is 1. The van der Waals surface area contributed by atoms with E-state index in [1.165, 1.54) is 0 Å². The molecule has 0 aliphatic carbocycles. The third-order valence-electron chi connectivity index (χ3n) is 1.93. The number of carbonyl (C=O) groups excluding carboxylic acids is 1. The molecule has 0 spiro atoms. The monoisotopic (exact) mass is 257 g/mol. The van der Waals surface area contributed by atoms with Gasteiger partial charge in [-0.3, -0.25) is 4.79 Å². The maximum atomic E-state index is 11.6. The quantitative estimate of drug-likeness (QED) is 0.851. The average molecular weight is 257 g/mol. The number of carbonyl (C=O) groups is 1. The Morgan fingerprint density at radius 3 is 2.69 bits per heavy atom. The summed E-state index contributed by atoms with van der Waals surface area (Å²) in [6.45, 7) is -1.03. The molecular weight excluding hydrogens is 250 g/mol. The molecule has 2 rings (SSSR count). The smallest absolute Gasteiger partial charge is 0.278 e. The molecule has 0 saturated heterocycles. The minimum Gasteiger partial charge on any atom is -0.387 e. The first-order valence-corrected chi connectivity index (χ1v) is 6.60. The Morgan fingerprint density at radius 1 is 1.38 bits per heavy atom. The highest BCUT2D eigenvalue weighted by Crippen LogP contribution is 2.25. The van der Waals surface area contributed by atoms with Gasteiger partial charge < -0.3 is 5.11 Å². The molecule has 5 nitrogen and oxygen atoms in total. The lowest BCUT2D eigenvalue weighted by Gasteiger charge is -1.93. The Bertz CT molecular complexity index is 611. The van der Waals surface area contributed by atoms with E-state index in [1.807, 2.05) is 0 Å². The van der Waals surface area contributed by atoms with Crippen LogP contribution in [-0.4, -0.2) is 30.2 Å². The van der Waals surface area contributed by atoms with Crippen molar-refractivity contribution in [3.05, 3.63) is 24.3 Å². The largest absolute Gasteiger partial charge is 0.387 e. The fourth-order valence-corrected chi connectivity index (χ4v) is 3.42. The molecule has 0 saturated carbocycles. The van der Waals surface area contributed by atoms with Gasteiger partial charge in [-0.1, -0.05) is 12.1 Å². The number of sulfone groups is 1. The maximum Gasteiger partial charge on any atom is 0.278 e. The average Bonchev–Trinajstić information content (AvgIpc) is 2.72. The maximum absolute atomic E-state index is 11.6. The number of aliphatic hydroxyl groups excluding tert-OH is 1. The fraction of sp³-hybridized carbons (Fsp3) is 0.111. The number of thiazole rings is 1. The van der Waals surface area contributed by atoms with Crippen molar-refractivity contribution < 1.29 is 18.3 Å². The first-order chi connectivity index (χ1) is 7.55. The lowest BCUT2D eigenvalue weighted by Crippen LogP contribution is -2.18. The van der Waals surface area contributed by atoms with Gasteiger partial charge in [0.05, 0.1) is 10.2 Å². The van der Waals surface area contributed by atoms with Crippen molar-refractivity contribution in [2.75, 3.05) is 6.61 Å². The van der Waals surface area contributed by atoms with Crippen LogP contribution in [0.3, 0.4) is 0 Å². The van der Waals surface area contributed by atoms with Gasteiger partial charge in [0, 0.05) is 0 Å². The first-order valence-electron chi connectivity index (χ1n) is 4.30. The van der Waals surface area contributed by atoms with Gasteiger partial charge in [-0.25, -0.2) is 13.4 Å². The van der Waals surface area contributed by atoms with Crippen LogP contribution in [0.15, 0.2) is 28.6 Å². The predicted octanol–water partition coefficient (Wildman–Crippen LogP) is 0.589. The molecule has 0 amide bonds. The van der Waals surface area contributed by atoms with E-state index in [9.17, 15) is 13.2 Å². The molecular formula is C9H7NO4S2. The fourth-order valence-electron chi connectivity index (χ4n) is 1.15. The molecule has 0 bridgehead atoms. The summed E-state index contributed by atoms with van der Waals surface area (Å²) < 4.78 is 23.6. The molecule has 1 N–H and O–H groups in total. The topological polar surface area (TPSA) is 84.3 Å². The molecule has 1 heterocycles. The van der Waals surface area contributed by atoms with Crippen LogP contribution in [0.4, 0.5) is 0 Å². The van der Waals surface area contributed by atoms with Crippen molar-refractivity contribution in [3.8, 4) is 0 Å². The van der Waals surface area contributed by atoms with Gasteiger partial charge in [-0.05, 0) is 12.1 Å². The minimum atomic E-state index is -4.13. The van der Waals surface area contributed by atoms with Crippen molar-refractivity contribution in [1.29, 1.82) is 0 Å². The third-order valence-corrected chi connectivity index (χ3v) is 4.95. The van der Waals surface area contributed by atoms with Crippen molar-refractivity contribution in [2.24, 2.45) is 0 Å². The van der Waals surface area contributed by atoms with Crippen LogP contribution in [0.2, 0.25) is 0 Å². The summed E-state index contributed by atoms with van der Waals surface area (Å²) in [5.41, 5.74) is 0.525. The van der Waals surface area contributed by atoms with Gasteiger partial charge in [0.2, 0.25) is 4.34 Å². The molecule has 84 valence electrons. The number of fused-ring (bicyclic) bond motifs is 1. The Balaban J connectivity index is 2.61. The zero-order chi connectivity index (χ0) is 11.8. The highest BCUT2D eigenvalue weighted by Gasteiger charge is 2.27.